The second kappa shape index (κ2) is 6.66. The van der Waals surface area contributed by atoms with Crippen LogP contribution in [0, 0.1) is 5.41 Å². The topological polar surface area (TPSA) is 3.24 Å². The van der Waals surface area contributed by atoms with Gasteiger partial charge >= 0.3 is 0 Å². The Balaban J connectivity index is 0. The van der Waals surface area contributed by atoms with Gasteiger partial charge in [0.15, 0.2) is 0 Å². The molecule has 0 amide bonds. The van der Waals surface area contributed by atoms with E-state index in [1.165, 1.54) is 6.42 Å². The lowest BCUT2D eigenvalue weighted by Crippen LogP contribution is -2.25. The Bertz CT molecular complexity index is 69.4. The van der Waals surface area contributed by atoms with Gasteiger partial charge < -0.3 is 4.90 Å². The molecule has 1 nitrogen and oxygen atoms in total. The van der Waals surface area contributed by atoms with Crippen LogP contribution in [0.1, 0.15) is 41.0 Å². The molecule has 0 heterocycles. The van der Waals surface area contributed by atoms with Gasteiger partial charge in [0.05, 0.1) is 0 Å². The van der Waals surface area contributed by atoms with E-state index < -0.39 is 0 Å². The first-order valence-electron chi connectivity index (χ1n) is 4.48. The monoisotopic (exact) mass is 159 g/mol. The number of nitrogens with zero attached hydrogens (tertiary/aromatic N) is 1. The van der Waals surface area contributed by atoms with Crippen LogP contribution in [0.15, 0.2) is 0 Å². The fourth-order valence-corrected chi connectivity index (χ4v) is 0.949. The van der Waals surface area contributed by atoms with Crippen molar-refractivity contribution in [3.8, 4) is 0 Å². The van der Waals surface area contributed by atoms with Crippen LogP contribution in [-0.4, -0.2) is 25.5 Å². The summed E-state index contributed by atoms with van der Waals surface area (Å²) in [5, 5.41) is 0. The molecule has 70 valence electrons. The Labute approximate surface area is 72.8 Å². The molecule has 0 spiro atoms. The molecule has 0 radical (unpaired) electrons. The zero-order valence-electron chi connectivity index (χ0n) is 9.36. The van der Waals surface area contributed by atoms with Crippen LogP contribution < -0.4 is 0 Å². The largest absolute Gasteiger partial charge is 0.309 e. The van der Waals surface area contributed by atoms with Crippen LogP contribution in [-0.2, 0) is 0 Å². The Morgan fingerprint density at radius 2 is 1.27 bits per heavy atom. The molecule has 0 N–H and O–H groups in total. The number of rotatable bonds is 1. The lowest BCUT2D eigenvalue weighted by atomic mass is 9.97. The van der Waals surface area contributed by atoms with Gasteiger partial charge in [-0.25, -0.2) is 0 Å². The highest BCUT2D eigenvalue weighted by Crippen LogP contribution is 2.12. The maximum atomic E-state index is 2.24. The standard InChI is InChI=1S/C7H17N.C3H8/c1-7(2,3)6-8(4)5;1-3-2/h6H2,1-5H3;3H2,1-2H3. The summed E-state index contributed by atoms with van der Waals surface area (Å²) < 4.78 is 0. The summed E-state index contributed by atoms with van der Waals surface area (Å²) in [6.07, 6.45) is 1.25. The van der Waals surface area contributed by atoms with E-state index in [0.29, 0.717) is 5.41 Å². The maximum Gasteiger partial charge on any atom is 0.00239 e. The van der Waals surface area contributed by atoms with Gasteiger partial charge in [0, 0.05) is 6.54 Å². The van der Waals surface area contributed by atoms with Crippen molar-refractivity contribution in [2.24, 2.45) is 5.41 Å². The van der Waals surface area contributed by atoms with E-state index in [2.05, 4.69) is 53.6 Å². The third-order valence-corrected chi connectivity index (χ3v) is 0.791. The van der Waals surface area contributed by atoms with Crippen molar-refractivity contribution in [3.05, 3.63) is 0 Å². The first-order valence-corrected chi connectivity index (χ1v) is 4.48. The fraction of sp³-hybridized carbons (Fsp3) is 1.00. The van der Waals surface area contributed by atoms with Gasteiger partial charge in [-0.3, -0.25) is 0 Å². The van der Waals surface area contributed by atoms with Crippen LogP contribution in [0.2, 0.25) is 0 Å². The summed E-state index contributed by atoms with van der Waals surface area (Å²) in [5.41, 5.74) is 0.448. The van der Waals surface area contributed by atoms with Gasteiger partial charge in [-0.15, -0.1) is 0 Å². The van der Waals surface area contributed by atoms with Gasteiger partial charge in [0.1, 0.15) is 0 Å². The molecule has 1 heteroatoms. The zero-order valence-corrected chi connectivity index (χ0v) is 9.36. The zero-order chi connectivity index (χ0) is 9.49. The highest BCUT2D eigenvalue weighted by molar-refractivity contribution is 4.63. The number of hydrogen-bond acceptors (Lipinski definition) is 1. The first-order chi connectivity index (χ1) is 4.83. The van der Waals surface area contributed by atoms with E-state index in [4.69, 9.17) is 0 Å². The summed E-state index contributed by atoms with van der Waals surface area (Å²) >= 11 is 0. The van der Waals surface area contributed by atoms with Crippen LogP contribution in [0.25, 0.3) is 0 Å². The summed E-state index contributed by atoms with van der Waals surface area (Å²) in [5.74, 6) is 0. The molecule has 0 aliphatic rings. The molecule has 0 aliphatic carbocycles. The van der Waals surface area contributed by atoms with E-state index in [0.717, 1.165) is 6.54 Å². The Morgan fingerprint density at radius 3 is 1.27 bits per heavy atom. The van der Waals surface area contributed by atoms with Gasteiger partial charge in [0.2, 0.25) is 0 Å². The van der Waals surface area contributed by atoms with Crippen molar-refractivity contribution < 1.29 is 0 Å². The lowest BCUT2D eigenvalue weighted by Gasteiger charge is -2.22. The summed E-state index contributed by atoms with van der Waals surface area (Å²) in [4.78, 5) is 2.21. The molecule has 0 unspecified atom stereocenters. The van der Waals surface area contributed by atoms with Crippen LogP contribution in [0.5, 0.6) is 0 Å². The molecule has 0 aromatic rings. The minimum absolute atomic E-state index is 0.448. The van der Waals surface area contributed by atoms with Gasteiger partial charge in [0.25, 0.3) is 0 Å². The minimum atomic E-state index is 0.448. The van der Waals surface area contributed by atoms with Crippen LogP contribution in [0.4, 0.5) is 0 Å². The number of hydrogen-bond donors (Lipinski definition) is 0. The molecule has 0 bridgehead atoms. The molecule has 0 saturated carbocycles. The first kappa shape index (κ1) is 13.5. The molecular formula is C10H25N. The normalized spacial score (nSPS) is 10.9. The Hall–Kier alpha value is -0.0400. The highest BCUT2D eigenvalue weighted by atomic mass is 15.1. The van der Waals surface area contributed by atoms with Crippen LogP contribution >= 0.6 is 0 Å². The molecule has 0 rings (SSSR count). The molecule has 0 aromatic carbocycles. The SMILES string of the molecule is CCC.CN(C)CC(C)(C)C. The fourth-order valence-electron chi connectivity index (χ4n) is 0.949. The van der Waals surface area contributed by atoms with E-state index >= 15 is 0 Å². The molecule has 11 heavy (non-hydrogen) atoms. The average molecular weight is 159 g/mol. The quantitative estimate of drug-likeness (QED) is 0.568. The van der Waals surface area contributed by atoms with Crippen molar-refractivity contribution in [1.82, 2.24) is 4.90 Å². The third-order valence-electron chi connectivity index (χ3n) is 0.791. The predicted molar refractivity (Wildman–Crippen MR) is 54.0 cm³/mol. The second-order valence-electron chi connectivity index (χ2n) is 4.51. The lowest BCUT2D eigenvalue weighted by molar-refractivity contribution is 0.263. The summed E-state index contributed by atoms with van der Waals surface area (Å²) in [7, 11) is 4.20. The molecule has 0 atom stereocenters. The van der Waals surface area contributed by atoms with Gasteiger partial charge in [-0.05, 0) is 19.5 Å². The van der Waals surface area contributed by atoms with E-state index in [9.17, 15) is 0 Å². The molecule has 0 fully saturated rings. The maximum absolute atomic E-state index is 2.24. The van der Waals surface area contributed by atoms with Crippen LogP contribution in [0.3, 0.4) is 0 Å². The second-order valence-corrected chi connectivity index (χ2v) is 4.51. The summed E-state index contributed by atoms with van der Waals surface area (Å²) in [6, 6.07) is 0. The van der Waals surface area contributed by atoms with Crippen molar-refractivity contribution in [1.29, 1.82) is 0 Å². The highest BCUT2D eigenvalue weighted by Gasteiger charge is 2.09. The van der Waals surface area contributed by atoms with Crippen molar-refractivity contribution in [3.63, 3.8) is 0 Å². The van der Waals surface area contributed by atoms with Crippen molar-refractivity contribution >= 4 is 0 Å². The van der Waals surface area contributed by atoms with Crippen molar-refractivity contribution in [2.75, 3.05) is 20.6 Å². The van der Waals surface area contributed by atoms with E-state index in [1.54, 1.807) is 0 Å². The van der Waals surface area contributed by atoms with Gasteiger partial charge in [-0.1, -0.05) is 41.0 Å². The Morgan fingerprint density at radius 1 is 1.00 bits per heavy atom. The third kappa shape index (κ3) is 25.7. The van der Waals surface area contributed by atoms with Crippen molar-refractivity contribution in [2.45, 2.75) is 41.0 Å². The van der Waals surface area contributed by atoms with Gasteiger partial charge in [-0.2, -0.15) is 0 Å². The smallest absolute Gasteiger partial charge is 0.00239 e. The van der Waals surface area contributed by atoms with E-state index in [-0.39, 0.29) is 0 Å². The summed E-state index contributed by atoms with van der Waals surface area (Å²) in [6.45, 7) is 12.1. The molecule has 0 saturated heterocycles. The average Bonchev–Trinajstić information content (AvgIpc) is 1.57. The minimum Gasteiger partial charge on any atom is -0.309 e. The Kier molecular flexibility index (Phi) is 8.20. The molecular weight excluding hydrogens is 134 g/mol. The predicted octanol–water partition coefficient (Wildman–Crippen LogP) is 3.01. The molecule has 0 aliphatic heterocycles. The van der Waals surface area contributed by atoms with E-state index in [1.807, 2.05) is 0 Å². The molecule has 0 aromatic heterocycles.